The van der Waals surface area contributed by atoms with E-state index in [0.717, 1.165) is 18.2 Å². The van der Waals surface area contributed by atoms with Gasteiger partial charge in [0.05, 0.1) is 32.4 Å². The molecule has 0 aliphatic heterocycles. The summed E-state index contributed by atoms with van der Waals surface area (Å²) >= 11 is 12.9. The van der Waals surface area contributed by atoms with Crippen LogP contribution >= 0.6 is 23.2 Å². The zero-order valence-electron chi connectivity index (χ0n) is 16.9. The molecule has 5 nitrogen and oxygen atoms in total. The Labute approximate surface area is 195 Å². The molecule has 0 saturated carbocycles. The molecule has 2 heterocycles. The topological polar surface area (TPSA) is 64.0 Å². The first-order valence-corrected chi connectivity index (χ1v) is 10.2. The zero-order chi connectivity index (χ0) is 23.9. The molecule has 168 valence electrons. The van der Waals surface area contributed by atoms with Crippen molar-refractivity contribution in [3.05, 3.63) is 92.5 Å². The fourth-order valence-electron chi connectivity index (χ4n) is 3.43. The highest BCUT2D eigenvalue weighted by molar-refractivity contribution is 6.41. The molecule has 4 aromatic rings. The number of amides is 1. The number of alkyl halides is 3. The van der Waals surface area contributed by atoms with Gasteiger partial charge in [-0.3, -0.25) is 14.6 Å². The average molecular weight is 492 g/mol. The van der Waals surface area contributed by atoms with Crippen LogP contribution in [-0.2, 0) is 13.2 Å². The lowest BCUT2D eigenvalue weighted by atomic mass is 10.0. The number of benzene rings is 2. The second-order valence-electron chi connectivity index (χ2n) is 7.17. The van der Waals surface area contributed by atoms with Gasteiger partial charge in [0.25, 0.3) is 11.5 Å². The Morgan fingerprint density at radius 2 is 1.85 bits per heavy atom. The summed E-state index contributed by atoms with van der Waals surface area (Å²) in [6.07, 6.45) is -1.45. The third-order valence-corrected chi connectivity index (χ3v) is 5.79. The maximum absolute atomic E-state index is 13.0. The van der Waals surface area contributed by atoms with Gasteiger partial charge in [-0.2, -0.15) is 13.2 Å². The lowest BCUT2D eigenvalue weighted by Gasteiger charge is -2.15. The average Bonchev–Trinajstić information content (AvgIpc) is 2.78. The molecule has 4 rings (SSSR count). The molecule has 0 spiro atoms. The highest BCUT2D eigenvalue weighted by atomic mass is 35.5. The molecule has 0 unspecified atom stereocenters. The lowest BCUT2D eigenvalue weighted by Crippen LogP contribution is -2.19. The Kier molecular flexibility index (Phi) is 5.90. The largest absolute Gasteiger partial charge is 0.416 e. The predicted octanol–water partition coefficient (Wildman–Crippen LogP) is 6.18. The normalized spacial score (nSPS) is 11.6. The molecular weight excluding hydrogens is 478 g/mol. The summed E-state index contributed by atoms with van der Waals surface area (Å²) in [7, 11) is 1.59. The third-order valence-electron chi connectivity index (χ3n) is 5.08. The Bertz CT molecular complexity index is 1470. The Morgan fingerprint density at radius 1 is 1.09 bits per heavy atom. The summed E-state index contributed by atoms with van der Waals surface area (Å²) < 4.78 is 40.4. The number of hydrogen-bond donors (Lipinski definition) is 1. The number of fused-ring (bicyclic) bond motifs is 1. The molecule has 33 heavy (non-hydrogen) atoms. The molecule has 0 atom stereocenters. The number of aryl methyl sites for hydroxylation is 1. The van der Waals surface area contributed by atoms with Crippen molar-refractivity contribution in [1.82, 2.24) is 9.55 Å². The maximum Gasteiger partial charge on any atom is 0.416 e. The lowest BCUT2D eigenvalue weighted by molar-refractivity contribution is -0.137. The van der Waals surface area contributed by atoms with Crippen molar-refractivity contribution in [1.29, 1.82) is 0 Å². The van der Waals surface area contributed by atoms with Crippen molar-refractivity contribution in [2.45, 2.75) is 6.18 Å². The van der Waals surface area contributed by atoms with Crippen LogP contribution in [0.5, 0.6) is 0 Å². The van der Waals surface area contributed by atoms with E-state index in [-0.39, 0.29) is 38.0 Å². The fraction of sp³-hybridized carbons (Fsp3) is 0.0870. The number of rotatable bonds is 3. The minimum absolute atomic E-state index is 0.0248. The van der Waals surface area contributed by atoms with Crippen LogP contribution in [0.2, 0.25) is 10.0 Å². The van der Waals surface area contributed by atoms with Crippen LogP contribution in [0.1, 0.15) is 15.9 Å². The van der Waals surface area contributed by atoms with E-state index in [2.05, 4.69) is 10.3 Å². The van der Waals surface area contributed by atoms with E-state index < -0.39 is 17.6 Å². The number of halogens is 5. The highest BCUT2D eigenvalue weighted by Crippen LogP contribution is 2.39. The second kappa shape index (κ2) is 8.53. The van der Waals surface area contributed by atoms with Gasteiger partial charge in [0.15, 0.2) is 0 Å². The van der Waals surface area contributed by atoms with Crippen LogP contribution in [0.25, 0.3) is 22.0 Å². The number of carbonyl (C=O) groups excluding carboxylic acids is 1. The number of pyridine rings is 2. The van der Waals surface area contributed by atoms with Crippen LogP contribution in [-0.4, -0.2) is 15.5 Å². The van der Waals surface area contributed by atoms with E-state index in [1.807, 2.05) is 0 Å². The van der Waals surface area contributed by atoms with Crippen LogP contribution in [0.3, 0.4) is 0 Å². The van der Waals surface area contributed by atoms with Gasteiger partial charge in [0.1, 0.15) is 0 Å². The summed E-state index contributed by atoms with van der Waals surface area (Å²) in [6.45, 7) is 0. The first kappa shape index (κ1) is 22.8. The molecule has 0 fully saturated rings. The van der Waals surface area contributed by atoms with Gasteiger partial charge >= 0.3 is 6.18 Å². The van der Waals surface area contributed by atoms with Crippen LogP contribution in [0.4, 0.5) is 18.9 Å². The molecule has 1 amide bonds. The number of hydrogen-bond acceptors (Lipinski definition) is 3. The van der Waals surface area contributed by atoms with Gasteiger partial charge in [0.2, 0.25) is 0 Å². The molecule has 0 saturated heterocycles. The number of anilines is 1. The summed E-state index contributed by atoms with van der Waals surface area (Å²) in [5.41, 5.74) is -0.420. The predicted molar refractivity (Wildman–Crippen MR) is 122 cm³/mol. The summed E-state index contributed by atoms with van der Waals surface area (Å²) in [4.78, 5) is 29.7. The Hall–Kier alpha value is -3.36. The molecule has 1 N–H and O–H groups in total. The monoisotopic (exact) mass is 491 g/mol. The molecule has 0 bridgehead atoms. The highest BCUT2D eigenvalue weighted by Gasteiger charge is 2.31. The van der Waals surface area contributed by atoms with Crippen LogP contribution < -0.4 is 10.9 Å². The standard InChI is InChI=1S/C23H14Cl2F3N3O2/c1-31-18-7-8-29-11-13(18)10-15(22(31)33)19-16(24)5-6-17(20(19)25)30-21(32)12-3-2-4-14(9-12)23(26,27)28/h2-11H,1H3,(H,30,32). The Morgan fingerprint density at radius 3 is 2.58 bits per heavy atom. The van der Waals surface area contributed by atoms with Crippen molar-refractivity contribution in [2.24, 2.45) is 7.05 Å². The van der Waals surface area contributed by atoms with Crippen LogP contribution in [0.15, 0.2) is 65.7 Å². The number of carbonyl (C=O) groups is 1. The summed E-state index contributed by atoms with van der Waals surface area (Å²) in [5, 5.41) is 3.30. The number of aromatic nitrogens is 2. The van der Waals surface area contributed by atoms with Crippen LogP contribution in [0, 0.1) is 0 Å². The van der Waals surface area contributed by atoms with E-state index >= 15 is 0 Å². The van der Waals surface area contributed by atoms with E-state index in [4.69, 9.17) is 23.2 Å². The fourth-order valence-corrected chi connectivity index (χ4v) is 4.05. The third kappa shape index (κ3) is 4.31. The summed E-state index contributed by atoms with van der Waals surface area (Å²) in [5.74, 6) is -0.799. The zero-order valence-corrected chi connectivity index (χ0v) is 18.4. The van der Waals surface area contributed by atoms with E-state index in [1.54, 1.807) is 31.6 Å². The van der Waals surface area contributed by atoms with E-state index in [9.17, 15) is 22.8 Å². The molecular formula is C23H14Cl2F3N3O2. The van der Waals surface area contributed by atoms with Crippen molar-refractivity contribution < 1.29 is 18.0 Å². The van der Waals surface area contributed by atoms with Crippen molar-refractivity contribution in [3.8, 4) is 11.1 Å². The van der Waals surface area contributed by atoms with E-state index in [1.165, 1.54) is 22.8 Å². The summed E-state index contributed by atoms with van der Waals surface area (Å²) in [6, 6.07) is 10.1. The molecule has 2 aromatic heterocycles. The van der Waals surface area contributed by atoms with Crippen molar-refractivity contribution >= 4 is 45.7 Å². The van der Waals surface area contributed by atoms with Gasteiger partial charge < -0.3 is 9.88 Å². The first-order valence-electron chi connectivity index (χ1n) is 9.48. The number of nitrogens with one attached hydrogen (secondary N) is 1. The van der Waals surface area contributed by atoms with Gasteiger partial charge in [-0.25, -0.2) is 0 Å². The minimum atomic E-state index is -4.59. The maximum atomic E-state index is 13.0. The van der Waals surface area contributed by atoms with Gasteiger partial charge in [-0.05, 0) is 42.5 Å². The smallest absolute Gasteiger partial charge is 0.321 e. The molecule has 0 radical (unpaired) electrons. The van der Waals surface area contributed by atoms with Gasteiger partial charge in [-0.1, -0.05) is 29.3 Å². The van der Waals surface area contributed by atoms with E-state index in [0.29, 0.717) is 10.9 Å². The minimum Gasteiger partial charge on any atom is -0.321 e. The van der Waals surface area contributed by atoms with Crippen molar-refractivity contribution in [3.63, 3.8) is 0 Å². The quantitative estimate of drug-likeness (QED) is 0.372. The second-order valence-corrected chi connectivity index (χ2v) is 7.96. The van der Waals surface area contributed by atoms with Gasteiger partial charge in [0, 0.05) is 36.0 Å². The first-order chi connectivity index (χ1) is 15.6. The SMILES string of the molecule is Cn1c(=O)c(-c2c(Cl)ccc(NC(=O)c3cccc(C(F)(F)F)c3)c2Cl)cc2cnccc21. The van der Waals surface area contributed by atoms with Crippen molar-refractivity contribution in [2.75, 3.05) is 5.32 Å². The number of nitrogens with zero attached hydrogens (tertiary/aromatic N) is 2. The Balaban J connectivity index is 1.78. The molecule has 0 aliphatic rings. The van der Waals surface area contributed by atoms with Gasteiger partial charge in [-0.15, -0.1) is 0 Å². The molecule has 0 aliphatic carbocycles. The molecule has 10 heteroatoms. The molecule has 2 aromatic carbocycles.